The zero-order valence-corrected chi connectivity index (χ0v) is 26.8. The quantitative estimate of drug-likeness (QED) is 0.172. The molecule has 1 heterocycles. The number of fused-ring (bicyclic) bond motifs is 6. The molecule has 0 N–H and O–H groups in total. The molecule has 0 amide bonds. The smallest absolute Gasteiger partial charge is 0.0616 e. The Bertz CT molecular complexity index is 2120. The van der Waals surface area contributed by atoms with Crippen molar-refractivity contribution >= 4 is 38.5 Å². The van der Waals surface area contributed by atoms with Gasteiger partial charge in [-0.1, -0.05) is 148 Å². The van der Waals surface area contributed by atoms with Crippen molar-refractivity contribution in [3.05, 3.63) is 169 Å². The van der Waals surface area contributed by atoms with Crippen LogP contribution in [0.25, 0.3) is 55.3 Å². The third-order valence-electron chi connectivity index (χ3n) is 8.80. The molecule has 1 nitrogen and oxygen atoms in total. The van der Waals surface area contributed by atoms with Gasteiger partial charge in [-0.05, 0) is 76.9 Å². The molecule has 0 aliphatic heterocycles. The second-order valence-corrected chi connectivity index (χ2v) is 11.3. The molecule has 1 aliphatic rings. The summed E-state index contributed by atoms with van der Waals surface area (Å²) in [5.74, 6) is 0.273. The van der Waals surface area contributed by atoms with Gasteiger partial charge in [0, 0.05) is 33.6 Å². The highest BCUT2D eigenvalue weighted by molar-refractivity contribution is 6.11. The molecule has 0 radical (unpaired) electrons. The van der Waals surface area contributed by atoms with E-state index < -0.39 is 0 Å². The molecule has 0 spiro atoms. The van der Waals surface area contributed by atoms with Crippen LogP contribution in [0.5, 0.6) is 0 Å². The standard InChI is InChI=1S/C42H35N.C2H6/c1-4-13-31(26-29(5-2)6-3)32-20-24-39-40-25-22-34-27-33(37-19-12-15-30-14-10-11-18-36(30)37)21-23-38(34)42(40)43(41(39)28-32)35-16-8-7-9-17-35;1-2/h4-27,32H,2,28H2,1,3H3;1-2H3/b13-4-,29-6+,31-26+;. The highest BCUT2D eigenvalue weighted by atomic mass is 15.0. The van der Waals surface area contributed by atoms with Crippen LogP contribution in [-0.4, -0.2) is 4.57 Å². The maximum Gasteiger partial charge on any atom is 0.0616 e. The average Bonchev–Trinajstić information content (AvgIpc) is 3.45. The van der Waals surface area contributed by atoms with Gasteiger partial charge >= 0.3 is 0 Å². The van der Waals surface area contributed by atoms with Crippen molar-refractivity contribution < 1.29 is 0 Å². The fraction of sp³-hybridized carbons (Fsp3) is 0.136. The summed E-state index contributed by atoms with van der Waals surface area (Å²) in [6.45, 7) is 12.2. The molecule has 0 fully saturated rings. The number of para-hydroxylation sites is 1. The van der Waals surface area contributed by atoms with Gasteiger partial charge in [0.2, 0.25) is 0 Å². The summed E-state index contributed by atoms with van der Waals surface area (Å²) >= 11 is 0. The molecule has 45 heavy (non-hydrogen) atoms. The number of aromatic nitrogens is 1. The molecule has 1 atom stereocenters. The molecule has 1 unspecified atom stereocenters. The van der Waals surface area contributed by atoms with Crippen LogP contribution in [0.4, 0.5) is 0 Å². The SMILES string of the molecule is C=CC(/C=C(\C=C/C)C1C=Cc2c(n(-c3ccccc3)c3c2ccc2cc(-c4cccc5ccccc45)ccc23)C1)=C\C.CC. The van der Waals surface area contributed by atoms with E-state index in [0.29, 0.717) is 0 Å². The van der Waals surface area contributed by atoms with Crippen molar-refractivity contribution in [2.75, 3.05) is 0 Å². The number of hydrogen-bond acceptors (Lipinski definition) is 0. The van der Waals surface area contributed by atoms with Crippen molar-refractivity contribution in [3.8, 4) is 16.8 Å². The summed E-state index contributed by atoms with van der Waals surface area (Å²) in [6, 6.07) is 37.7. The van der Waals surface area contributed by atoms with E-state index in [0.717, 1.165) is 12.0 Å². The van der Waals surface area contributed by atoms with Gasteiger partial charge in [0.25, 0.3) is 0 Å². The zero-order chi connectivity index (χ0) is 31.3. The highest BCUT2D eigenvalue weighted by Gasteiger charge is 2.25. The molecule has 0 saturated carbocycles. The maximum atomic E-state index is 4.02. The van der Waals surface area contributed by atoms with Gasteiger partial charge in [-0.15, -0.1) is 0 Å². The predicted molar refractivity (Wildman–Crippen MR) is 198 cm³/mol. The van der Waals surface area contributed by atoms with Crippen molar-refractivity contribution in [1.29, 1.82) is 0 Å². The molecule has 6 aromatic rings. The number of rotatable bonds is 6. The molecule has 7 rings (SSSR count). The van der Waals surface area contributed by atoms with Gasteiger partial charge in [0.15, 0.2) is 0 Å². The normalized spacial score (nSPS) is 15.0. The number of benzene rings is 5. The molecular formula is C44H41N. The lowest BCUT2D eigenvalue weighted by atomic mass is 9.86. The minimum absolute atomic E-state index is 0.273. The van der Waals surface area contributed by atoms with Gasteiger partial charge in [0.05, 0.1) is 5.52 Å². The molecule has 0 bridgehead atoms. The molecule has 1 heteroatoms. The first-order valence-corrected chi connectivity index (χ1v) is 16.1. The van der Waals surface area contributed by atoms with Crippen LogP contribution in [0.3, 0.4) is 0 Å². The van der Waals surface area contributed by atoms with Crippen LogP contribution in [0.2, 0.25) is 0 Å². The van der Waals surface area contributed by atoms with E-state index in [1.165, 1.54) is 66.1 Å². The van der Waals surface area contributed by atoms with Crippen molar-refractivity contribution in [2.45, 2.75) is 34.1 Å². The van der Waals surface area contributed by atoms with Crippen LogP contribution in [0.1, 0.15) is 39.0 Å². The minimum atomic E-state index is 0.273. The topological polar surface area (TPSA) is 4.93 Å². The zero-order valence-electron chi connectivity index (χ0n) is 26.8. The molecule has 5 aromatic carbocycles. The van der Waals surface area contributed by atoms with E-state index in [-0.39, 0.29) is 5.92 Å². The Morgan fingerprint density at radius 3 is 2.31 bits per heavy atom. The van der Waals surface area contributed by atoms with Crippen molar-refractivity contribution in [2.24, 2.45) is 5.92 Å². The van der Waals surface area contributed by atoms with Gasteiger partial charge < -0.3 is 4.57 Å². The Morgan fingerprint density at radius 2 is 1.53 bits per heavy atom. The van der Waals surface area contributed by atoms with Crippen LogP contribution < -0.4 is 0 Å². The third kappa shape index (κ3) is 5.51. The molecular weight excluding hydrogens is 542 g/mol. The lowest BCUT2D eigenvalue weighted by Crippen LogP contribution is -2.12. The van der Waals surface area contributed by atoms with Crippen LogP contribution >= 0.6 is 0 Å². The summed E-state index contributed by atoms with van der Waals surface area (Å²) in [6.07, 6.45) is 16.4. The van der Waals surface area contributed by atoms with E-state index in [9.17, 15) is 0 Å². The van der Waals surface area contributed by atoms with E-state index in [4.69, 9.17) is 0 Å². The van der Waals surface area contributed by atoms with Crippen molar-refractivity contribution in [3.63, 3.8) is 0 Å². The average molecular weight is 584 g/mol. The Labute approximate surface area is 267 Å². The fourth-order valence-corrected chi connectivity index (χ4v) is 6.72. The fourth-order valence-electron chi connectivity index (χ4n) is 6.72. The van der Waals surface area contributed by atoms with Gasteiger partial charge in [-0.25, -0.2) is 0 Å². The van der Waals surface area contributed by atoms with Gasteiger partial charge in [-0.2, -0.15) is 0 Å². The first-order valence-electron chi connectivity index (χ1n) is 16.1. The molecule has 1 aliphatic carbocycles. The maximum absolute atomic E-state index is 4.02. The summed E-state index contributed by atoms with van der Waals surface area (Å²) in [5.41, 5.74) is 10.1. The van der Waals surface area contributed by atoms with Crippen LogP contribution in [0.15, 0.2) is 157 Å². The predicted octanol–water partition coefficient (Wildman–Crippen LogP) is 12.5. The number of allylic oxidation sites excluding steroid dienone is 8. The summed E-state index contributed by atoms with van der Waals surface area (Å²) in [5, 5.41) is 6.38. The lowest BCUT2D eigenvalue weighted by molar-refractivity contribution is 0.730. The van der Waals surface area contributed by atoms with E-state index in [1.54, 1.807) is 0 Å². The lowest BCUT2D eigenvalue weighted by Gasteiger charge is -2.22. The Kier molecular flexibility index (Phi) is 8.80. The molecule has 222 valence electrons. The Morgan fingerprint density at radius 1 is 0.778 bits per heavy atom. The molecule has 1 aromatic heterocycles. The number of nitrogens with zero attached hydrogens (tertiary/aromatic N) is 1. The third-order valence-corrected chi connectivity index (χ3v) is 8.80. The van der Waals surface area contributed by atoms with Gasteiger partial charge in [-0.3, -0.25) is 0 Å². The second kappa shape index (κ2) is 13.2. The van der Waals surface area contributed by atoms with E-state index >= 15 is 0 Å². The Hall–Kier alpha value is -5.14. The van der Waals surface area contributed by atoms with Crippen LogP contribution in [-0.2, 0) is 6.42 Å². The summed E-state index contributed by atoms with van der Waals surface area (Å²) in [4.78, 5) is 0. The first kappa shape index (κ1) is 29.9. The monoisotopic (exact) mass is 583 g/mol. The van der Waals surface area contributed by atoms with Gasteiger partial charge in [0.1, 0.15) is 0 Å². The largest absolute Gasteiger partial charge is 0.312 e. The summed E-state index contributed by atoms with van der Waals surface area (Å²) in [7, 11) is 0. The summed E-state index contributed by atoms with van der Waals surface area (Å²) < 4.78 is 2.51. The molecule has 0 saturated heterocycles. The van der Waals surface area contributed by atoms with E-state index in [1.807, 2.05) is 19.9 Å². The Balaban J connectivity index is 0.00000175. The second-order valence-electron chi connectivity index (χ2n) is 11.3. The van der Waals surface area contributed by atoms with Crippen LogP contribution in [0, 0.1) is 5.92 Å². The van der Waals surface area contributed by atoms with Crippen molar-refractivity contribution in [1.82, 2.24) is 4.57 Å². The highest BCUT2D eigenvalue weighted by Crippen LogP contribution is 2.41. The van der Waals surface area contributed by atoms with E-state index in [2.05, 4.69) is 165 Å². The number of hydrogen-bond donors (Lipinski definition) is 0. The minimum Gasteiger partial charge on any atom is -0.312 e. The first-order chi connectivity index (χ1) is 22.2.